The number of benzene rings is 3. The van der Waals surface area contributed by atoms with Crippen LogP contribution in [0.5, 0.6) is 11.5 Å². The molecule has 0 aliphatic rings. The highest BCUT2D eigenvalue weighted by Gasteiger charge is 2.16. The van der Waals surface area contributed by atoms with Crippen molar-refractivity contribution >= 4 is 17.9 Å². The van der Waals surface area contributed by atoms with E-state index in [1.54, 1.807) is 48.5 Å². The summed E-state index contributed by atoms with van der Waals surface area (Å²) in [5.41, 5.74) is 2.71. The summed E-state index contributed by atoms with van der Waals surface area (Å²) in [5, 5.41) is 0. The van der Waals surface area contributed by atoms with Crippen LogP contribution in [-0.4, -0.2) is 24.0 Å². The first kappa shape index (κ1) is 28.6. The highest BCUT2D eigenvalue weighted by molar-refractivity contribution is 5.91. The van der Waals surface area contributed by atoms with Gasteiger partial charge in [-0.25, -0.2) is 9.59 Å². The first-order chi connectivity index (χ1) is 18.3. The van der Waals surface area contributed by atoms with Crippen LogP contribution in [0.15, 0.2) is 72.8 Å². The van der Waals surface area contributed by atoms with E-state index in [4.69, 9.17) is 14.2 Å². The average molecular weight is 517 g/mol. The molecule has 0 heterocycles. The molecule has 0 N–H and O–H groups in total. The zero-order valence-electron chi connectivity index (χ0n) is 22.6. The minimum absolute atomic E-state index is 0.122. The zero-order valence-corrected chi connectivity index (χ0v) is 22.6. The van der Waals surface area contributed by atoms with Gasteiger partial charge >= 0.3 is 17.9 Å². The Bertz CT molecular complexity index is 1190. The molecular weight excluding hydrogens is 480 g/mol. The van der Waals surface area contributed by atoms with Crippen LogP contribution >= 0.6 is 0 Å². The Balaban J connectivity index is 1.56. The van der Waals surface area contributed by atoms with Gasteiger partial charge in [0.1, 0.15) is 11.5 Å². The van der Waals surface area contributed by atoms with E-state index in [0.717, 1.165) is 30.4 Å². The number of hydrogen-bond acceptors (Lipinski definition) is 6. The molecule has 6 nitrogen and oxygen atoms in total. The fraction of sp³-hybridized carbons (Fsp3) is 0.344. The molecule has 1 unspecified atom stereocenters. The van der Waals surface area contributed by atoms with E-state index < -0.39 is 5.97 Å². The van der Waals surface area contributed by atoms with Crippen molar-refractivity contribution in [2.75, 3.05) is 0 Å². The first-order valence-electron chi connectivity index (χ1n) is 13.3. The smallest absolute Gasteiger partial charge is 0.343 e. The average Bonchev–Trinajstić information content (AvgIpc) is 2.92. The molecule has 0 aliphatic heterocycles. The van der Waals surface area contributed by atoms with E-state index in [-0.39, 0.29) is 18.0 Å². The molecule has 0 amide bonds. The molecule has 0 spiro atoms. The SMILES string of the molecule is CCCC(=O)Oc1ccc(C(=O)Oc2ccc(-c3ccc(C(=O)OC(C)CC(CC)CC)cc3)cc2)cc1. The monoisotopic (exact) mass is 516 g/mol. The normalized spacial score (nSPS) is 11.6. The first-order valence-corrected chi connectivity index (χ1v) is 13.3. The van der Waals surface area contributed by atoms with Crippen LogP contribution in [0.1, 0.15) is 80.5 Å². The lowest BCUT2D eigenvalue weighted by molar-refractivity contribution is -0.134. The largest absolute Gasteiger partial charge is 0.459 e. The third-order valence-electron chi connectivity index (χ3n) is 6.42. The Kier molecular flexibility index (Phi) is 10.6. The highest BCUT2D eigenvalue weighted by atomic mass is 16.5. The van der Waals surface area contributed by atoms with E-state index in [9.17, 15) is 14.4 Å². The summed E-state index contributed by atoms with van der Waals surface area (Å²) in [7, 11) is 0. The quantitative estimate of drug-likeness (QED) is 0.182. The van der Waals surface area contributed by atoms with Gasteiger partial charge in [-0.05, 0) is 85.3 Å². The molecule has 3 rings (SSSR count). The Hall–Kier alpha value is -3.93. The molecule has 3 aromatic rings. The molecule has 1 atom stereocenters. The molecule has 0 aliphatic carbocycles. The highest BCUT2D eigenvalue weighted by Crippen LogP contribution is 2.24. The zero-order chi connectivity index (χ0) is 27.5. The summed E-state index contributed by atoms with van der Waals surface area (Å²) in [6, 6.07) is 20.7. The summed E-state index contributed by atoms with van der Waals surface area (Å²) in [6.45, 7) is 8.16. The lowest BCUT2D eigenvalue weighted by Crippen LogP contribution is -2.18. The number of carbonyl (C=O) groups is 3. The van der Waals surface area contributed by atoms with E-state index in [1.807, 2.05) is 38.1 Å². The van der Waals surface area contributed by atoms with Crippen molar-refractivity contribution in [3.8, 4) is 22.6 Å². The molecule has 38 heavy (non-hydrogen) atoms. The number of hydrogen-bond donors (Lipinski definition) is 0. The molecule has 0 saturated heterocycles. The van der Waals surface area contributed by atoms with Crippen LogP contribution in [0.2, 0.25) is 0 Å². The summed E-state index contributed by atoms with van der Waals surface area (Å²) < 4.78 is 16.3. The lowest BCUT2D eigenvalue weighted by Gasteiger charge is -2.18. The van der Waals surface area contributed by atoms with Gasteiger partial charge in [0.05, 0.1) is 17.2 Å². The molecule has 0 aromatic heterocycles. The maximum atomic E-state index is 12.5. The van der Waals surface area contributed by atoms with Gasteiger partial charge in [-0.15, -0.1) is 0 Å². The number of carbonyl (C=O) groups excluding carboxylic acids is 3. The Morgan fingerprint density at radius 1 is 0.658 bits per heavy atom. The van der Waals surface area contributed by atoms with Gasteiger partial charge in [0.2, 0.25) is 0 Å². The van der Waals surface area contributed by atoms with Gasteiger partial charge in [-0.2, -0.15) is 0 Å². The Labute approximate surface area is 224 Å². The molecular formula is C32H36O6. The second-order valence-corrected chi connectivity index (χ2v) is 9.37. The summed E-state index contributed by atoms with van der Waals surface area (Å²) in [6.07, 6.45) is 3.96. The van der Waals surface area contributed by atoms with E-state index in [2.05, 4.69) is 13.8 Å². The van der Waals surface area contributed by atoms with Crippen molar-refractivity contribution in [1.82, 2.24) is 0 Å². The van der Waals surface area contributed by atoms with Gasteiger partial charge < -0.3 is 14.2 Å². The van der Waals surface area contributed by atoms with Gasteiger partial charge in [0, 0.05) is 6.42 Å². The predicted molar refractivity (Wildman–Crippen MR) is 147 cm³/mol. The van der Waals surface area contributed by atoms with E-state index >= 15 is 0 Å². The Morgan fingerprint density at radius 3 is 1.68 bits per heavy atom. The van der Waals surface area contributed by atoms with Crippen molar-refractivity contribution in [2.24, 2.45) is 5.92 Å². The molecule has 0 fully saturated rings. The van der Waals surface area contributed by atoms with Crippen LogP contribution in [-0.2, 0) is 9.53 Å². The summed E-state index contributed by atoms with van der Waals surface area (Å²) >= 11 is 0. The van der Waals surface area contributed by atoms with Crippen LogP contribution < -0.4 is 9.47 Å². The third kappa shape index (κ3) is 8.30. The van der Waals surface area contributed by atoms with Gasteiger partial charge in [-0.3, -0.25) is 4.79 Å². The van der Waals surface area contributed by atoms with Gasteiger partial charge in [0.25, 0.3) is 0 Å². The molecule has 6 heteroatoms. The maximum absolute atomic E-state index is 12.5. The summed E-state index contributed by atoms with van der Waals surface area (Å²) in [4.78, 5) is 36.6. The molecule has 0 radical (unpaired) electrons. The maximum Gasteiger partial charge on any atom is 0.343 e. The van der Waals surface area contributed by atoms with Crippen molar-refractivity contribution < 1.29 is 28.6 Å². The minimum Gasteiger partial charge on any atom is -0.459 e. The topological polar surface area (TPSA) is 78.9 Å². The van der Waals surface area contributed by atoms with Crippen LogP contribution in [0.25, 0.3) is 11.1 Å². The molecule has 0 bridgehead atoms. The van der Waals surface area contributed by atoms with Crippen LogP contribution in [0.3, 0.4) is 0 Å². The van der Waals surface area contributed by atoms with Crippen LogP contribution in [0, 0.1) is 5.92 Å². The number of esters is 3. The second-order valence-electron chi connectivity index (χ2n) is 9.37. The number of rotatable bonds is 12. The Morgan fingerprint density at radius 2 is 1.13 bits per heavy atom. The van der Waals surface area contributed by atoms with Crippen molar-refractivity contribution in [3.05, 3.63) is 83.9 Å². The standard InChI is InChI=1S/C32H36O6/c1-5-8-30(33)37-28-19-15-27(16-20-28)32(35)38-29-17-13-25(14-18-29)24-9-11-26(12-10-24)31(34)36-22(4)21-23(6-2)7-3/h9-20,22-23H,5-8,21H2,1-4H3. The third-order valence-corrected chi connectivity index (χ3v) is 6.42. The molecule has 200 valence electrons. The lowest BCUT2D eigenvalue weighted by atomic mass is 9.97. The van der Waals surface area contributed by atoms with E-state index in [1.165, 1.54) is 0 Å². The summed E-state index contributed by atoms with van der Waals surface area (Å²) in [5.74, 6) is 0.225. The molecule has 0 saturated carbocycles. The fourth-order valence-corrected chi connectivity index (χ4v) is 4.12. The van der Waals surface area contributed by atoms with E-state index in [0.29, 0.717) is 41.4 Å². The van der Waals surface area contributed by atoms with Crippen molar-refractivity contribution in [3.63, 3.8) is 0 Å². The van der Waals surface area contributed by atoms with Crippen LogP contribution in [0.4, 0.5) is 0 Å². The fourth-order valence-electron chi connectivity index (χ4n) is 4.12. The van der Waals surface area contributed by atoms with Gasteiger partial charge in [0.15, 0.2) is 0 Å². The second kappa shape index (κ2) is 14.1. The van der Waals surface area contributed by atoms with Gasteiger partial charge in [-0.1, -0.05) is 57.9 Å². The predicted octanol–water partition coefficient (Wildman–Crippen LogP) is 7.65. The minimum atomic E-state index is -0.509. The number of ether oxygens (including phenoxy) is 3. The molecule has 3 aromatic carbocycles. The van der Waals surface area contributed by atoms with Crippen molar-refractivity contribution in [2.45, 2.75) is 65.9 Å². The van der Waals surface area contributed by atoms with Crippen molar-refractivity contribution in [1.29, 1.82) is 0 Å².